The Labute approximate surface area is 104 Å². The van der Waals surface area contributed by atoms with Gasteiger partial charge < -0.3 is 10.4 Å². The Bertz CT molecular complexity index is 525. The third-order valence-corrected chi connectivity index (χ3v) is 3.49. The number of carbonyl (C=O) groups is 1. The molecular formula is C12H14N4O2. The molecular weight excluding hydrogens is 232 g/mol. The number of carboxylic acid groups (broad SMARTS) is 1. The third kappa shape index (κ3) is 2.24. The zero-order valence-electron chi connectivity index (χ0n) is 10.00. The van der Waals surface area contributed by atoms with E-state index in [-0.39, 0.29) is 11.5 Å². The van der Waals surface area contributed by atoms with Crippen molar-refractivity contribution in [2.45, 2.75) is 31.2 Å². The molecule has 2 N–H and O–H groups in total. The Morgan fingerprint density at radius 3 is 3.11 bits per heavy atom. The lowest BCUT2D eigenvalue weighted by Crippen LogP contribution is -2.36. The molecule has 1 fully saturated rings. The van der Waals surface area contributed by atoms with E-state index in [2.05, 4.69) is 15.3 Å². The van der Waals surface area contributed by atoms with Crippen molar-refractivity contribution in [3.8, 4) is 0 Å². The van der Waals surface area contributed by atoms with E-state index >= 15 is 0 Å². The van der Waals surface area contributed by atoms with Crippen LogP contribution < -0.4 is 5.32 Å². The second-order valence-corrected chi connectivity index (χ2v) is 4.48. The molecule has 1 aromatic carbocycles. The van der Waals surface area contributed by atoms with Gasteiger partial charge in [0.1, 0.15) is 0 Å². The minimum absolute atomic E-state index is 0.160. The number of nitrogens with zero attached hydrogens (tertiary/aromatic N) is 3. The summed E-state index contributed by atoms with van der Waals surface area (Å²) in [5.41, 5.74) is 9.61. The Kier molecular flexibility index (Phi) is 3.12. The predicted octanol–water partition coefficient (Wildman–Crippen LogP) is 3.53. The molecule has 6 heteroatoms. The molecule has 1 amide bonds. The first-order valence-corrected chi connectivity index (χ1v) is 5.77. The van der Waals surface area contributed by atoms with Gasteiger partial charge in [-0.3, -0.25) is 0 Å². The summed E-state index contributed by atoms with van der Waals surface area (Å²) < 4.78 is 0. The zero-order chi connectivity index (χ0) is 13.2. The van der Waals surface area contributed by atoms with Crippen LogP contribution >= 0.6 is 0 Å². The highest BCUT2D eigenvalue weighted by Crippen LogP contribution is 2.53. The lowest BCUT2D eigenvalue weighted by atomic mass is 10.0. The first kappa shape index (κ1) is 12.3. The first-order valence-electron chi connectivity index (χ1n) is 5.77. The SMILES string of the molecule is CCC1(NC(=O)O)CC1c1cccc(N=[N+]=[N-])c1. The fourth-order valence-electron chi connectivity index (χ4n) is 2.43. The third-order valence-electron chi connectivity index (χ3n) is 3.49. The fourth-order valence-corrected chi connectivity index (χ4v) is 2.43. The van der Waals surface area contributed by atoms with Gasteiger partial charge in [-0.15, -0.1) is 0 Å². The van der Waals surface area contributed by atoms with E-state index in [0.717, 1.165) is 18.4 Å². The lowest BCUT2D eigenvalue weighted by Gasteiger charge is -2.15. The molecule has 6 nitrogen and oxygen atoms in total. The van der Waals surface area contributed by atoms with Gasteiger partial charge in [-0.1, -0.05) is 30.2 Å². The van der Waals surface area contributed by atoms with Gasteiger partial charge in [0.25, 0.3) is 0 Å². The van der Waals surface area contributed by atoms with Crippen molar-refractivity contribution < 1.29 is 9.90 Å². The van der Waals surface area contributed by atoms with E-state index in [4.69, 9.17) is 10.6 Å². The van der Waals surface area contributed by atoms with E-state index in [9.17, 15) is 4.79 Å². The van der Waals surface area contributed by atoms with Crippen LogP contribution in [-0.2, 0) is 0 Å². The number of nitrogens with one attached hydrogen (secondary N) is 1. The van der Waals surface area contributed by atoms with Crippen LogP contribution in [0.4, 0.5) is 10.5 Å². The molecule has 2 atom stereocenters. The van der Waals surface area contributed by atoms with Crippen LogP contribution in [0.5, 0.6) is 0 Å². The van der Waals surface area contributed by atoms with Crippen LogP contribution in [0.2, 0.25) is 0 Å². The van der Waals surface area contributed by atoms with Crippen LogP contribution in [-0.4, -0.2) is 16.7 Å². The summed E-state index contributed by atoms with van der Waals surface area (Å²) in [7, 11) is 0. The molecule has 2 rings (SSSR count). The van der Waals surface area contributed by atoms with Crippen LogP contribution in [0.15, 0.2) is 29.4 Å². The average Bonchev–Trinajstić information content (AvgIpc) is 3.04. The van der Waals surface area contributed by atoms with Crippen molar-refractivity contribution in [1.29, 1.82) is 0 Å². The Balaban J connectivity index is 2.21. The minimum atomic E-state index is -0.995. The molecule has 0 spiro atoms. The van der Waals surface area contributed by atoms with Crippen molar-refractivity contribution in [3.05, 3.63) is 40.3 Å². The number of azide groups is 1. The van der Waals surface area contributed by atoms with Crippen molar-refractivity contribution in [3.63, 3.8) is 0 Å². The maximum atomic E-state index is 10.8. The molecule has 94 valence electrons. The summed E-state index contributed by atoms with van der Waals surface area (Å²) in [5.74, 6) is 0.160. The van der Waals surface area contributed by atoms with E-state index < -0.39 is 6.09 Å². The number of hydrogen-bond acceptors (Lipinski definition) is 2. The number of benzene rings is 1. The van der Waals surface area contributed by atoms with Crippen molar-refractivity contribution in [2.24, 2.45) is 5.11 Å². The zero-order valence-corrected chi connectivity index (χ0v) is 10.00. The normalized spacial score (nSPS) is 25.1. The summed E-state index contributed by atoms with van der Waals surface area (Å²) in [6.45, 7) is 1.97. The number of hydrogen-bond donors (Lipinski definition) is 2. The smallest absolute Gasteiger partial charge is 0.405 e. The van der Waals surface area contributed by atoms with Gasteiger partial charge in [0.15, 0.2) is 0 Å². The fraction of sp³-hybridized carbons (Fsp3) is 0.417. The molecule has 1 aliphatic rings. The molecule has 0 aromatic heterocycles. The van der Waals surface area contributed by atoms with Crippen molar-refractivity contribution >= 4 is 11.8 Å². The van der Waals surface area contributed by atoms with Gasteiger partial charge in [0, 0.05) is 16.5 Å². The highest BCUT2D eigenvalue weighted by molar-refractivity contribution is 5.67. The molecule has 0 aliphatic heterocycles. The predicted molar refractivity (Wildman–Crippen MR) is 66.8 cm³/mol. The number of rotatable bonds is 4. The quantitative estimate of drug-likeness (QED) is 0.482. The summed E-state index contributed by atoms with van der Waals surface area (Å²) in [4.78, 5) is 13.5. The van der Waals surface area contributed by atoms with Gasteiger partial charge in [-0.2, -0.15) is 0 Å². The molecule has 0 bridgehead atoms. The molecule has 1 saturated carbocycles. The van der Waals surface area contributed by atoms with Crippen molar-refractivity contribution in [2.75, 3.05) is 0 Å². The summed E-state index contributed by atoms with van der Waals surface area (Å²) >= 11 is 0. The molecule has 0 radical (unpaired) electrons. The van der Waals surface area contributed by atoms with Crippen LogP contribution in [0.1, 0.15) is 31.2 Å². The van der Waals surface area contributed by atoms with Crippen LogP contribution in [0.3, 0.4) is 0 Å². The second-order valence-electron chi connectivity index (χ2n) is 4.48. The van der Waals surface area contributed by atoms with Gasteiger partial charge in [0.05, 0.1) is 5.54 Å². The van der Waals surface area contributed by atoms with Crippen LogP contribution in [0, 0.1) is 0 Å². The lowest BCUT2D eigenvalue weighted by molar-refractivity contribution is 0.187. The molecule has 0 heterocycles. The summed E-state index contributed by atoms with van der Waals surface area (Å²) in [5, 5.41) is 15.0. The second kappa shape index (κ2) is 4.58. The van der Waals surface area contributed by atoms with Gasteiger partial charge >= 0.3 is 6.09 Å². The minimum Gasteiger partial charge on any atom is -0.465 e. The maximum absolute atomic E-state index is 10.8. The van der Waals surface area contributed by atoms with E-state index in [1.807, 2.05) is 25.1 Å². The highest BCUT2D eigenvalue weighted by Gasteiger charge is 2.54. The maximum Gasteiger partial charge on any atom is 0.405 e. The van der Waals surface area contributed by atoms with Gasteiger partial charge in [0.2, 0.25) is 0 Å². The largest absolute Gasteiger partial charge is 0.465 e. The Morgan fingerprint density at radius 1 is 1.72 bits per heavy atom. The van der Waals surface area contributed by atoms with Crippen LogP contribution in [0.25, 0.3) is 10.4 Å². The Morgan fingerprint density at radius 2 is 2.50 bits per heavy atom. The summed E-state index contributed by atoms with van der Waals surface area (Å²) in [6, 6.07) is 7.29. The summed E-state index contributed by atoms with van der Waals surface area (Å²) in [6.07, 6.45) is 0.538. The monoisotopic (exact) mass is 246 g/mol. The van der Waals surface area contributed by atoms with Gasteiger partial charge in [-0.25, -0.2) is 4.79 Å². The average molecular weight is 246 g/mol. The standard InChI is InChI=1S/C12H14N4O2/c1-2-12(14-11(17)18)7-10(12)8-4-3-5-9(6-8)15-16-13/h3-6,10,14H,2,7H2,1H3,(H,17,18). The highest BCUT2D eigenvalue weighted by atomic mass is 16.4. The molecule has 1 aromatic rings. The molecule has 18 heavy (non-hydrogen) atoms. The first-order chi connectivity index (χ1) is 8.61. The number of amides is 1. The van der Waals surface area contributed by atoms with E-state index in [0.29, 0.717) is 5.69 Å². The van der Waals surface area contributed by atoms with Crippen molar-refractivity contribution in [1.82, 2.24) is 5.32 Å². The topological polar surface area (TPSA) is 98.1 Å². The Hall–Kier alpha value is -2.20. The molecule has 0 saturated heterocycles. The van der Waals surface area contributed by atoms with E-state index in [1.165, 1.54) is 0 Å². The molecule has 1 aliphatic carbocycles. The molecule has 2 unspecified atom stereocenters. The van der Waals surface area contributed by atoms with E-state index in [1.54, 1.807) is 6.07 Å². The van der Waals surface area contributed by atoms with Gasteiger partial charge in [-0.05, 0) is 30.0 Å².